The summed E-state index contributed by atoms with van der Waals surface area (Å²) in [6.07, 6.45) is -4.57. The van der Waals surface area contributed by atoms with Gasteiger partial charge >= 0.3 is 6.18 Å². The summed E-state index contributed by atoms with van der Waals surface area (Å²) in [4.78, 5) is 12.8. The second-order valence-corrected chi connectivity index (χ2v) is 6.02. The fourth-order valence-corrected chi connectivity index (χ4v) is 3.22. The van der Waals surface area contributed by atoms with Gasteiger partial charge in [0.05, 0.1) is 12.0 Å². The van der Waals surface area contributed by atoms with Crippen LogP contribution >= 0.6 is 11.3 Å². The van der Waals surface area contributed by atoms with Gasteiger partial charge < -0.3 is 10.1 Å². The lowest BCUT2D eigenvalue weighted by molar-refractivity contribution is -0.140. The number of carbonyl (C=O) groups excluding carboxylic acids is 1. The van der Waals surface area contributed by atoms with E-state index in [1.807, 2.05) is 0 Å². The highest BCUT2D eigenvalue weighted by Gasteiger charge is 2.37. The maximum atomic E-state index is 13.0. The van der Waals surface area contributed by atoms with Gasteiger partial charge in [0.25, 0.3) is 5.91 Å². The van der Waals surface area contributed by atoms with Crippen LogP contribution in [0.4, 0.5) is 18.9 Å². The van der Waals surface area contributed by atoms with Gasteiger partial charge in [-0.1, -0.05) is 6.07 Å². The number of aromatic nitrogens is 2. The highest BCUT2D eigenvalue weighted by Crippen LogP contribution is 2.37. The van der Waals surface area contributed by atoms with Crippen molar-refractivity contribution in [1.29, 1.82) is 0 Å². The largest absolute Gasteiger partial charge is 0.497 e. The number of hydrogen-bond acceptors (Lipinski definition) is 4. The van der Waals surface area contributed by atoms with Crippen LogP contribution in [0.2, 0.25) is 0 Å². The van der Waals surface area contributed by atoms with Crippen LogP contribution in [0.3, 0.4) is 0 Å². The van der Waals surface area contributed by atoms with Crippen LogP contribution < -0.4 is 10.1 Å². The second kappa shape index (κ2) is 5.82. The summed E-state index contributed by atoms with van der Waals surface area (Å²) in [5, 5.41) is 6.05. The van der Waals surface area contributed by atoms with E-state index >= 15 is 0 Å². The fourth-order valence-electron chi connectivity index (χ4n) is 2.26. The number of nitrogens with one attached hydrogen (secondary N) is 1. The van der Waals surface area contributed by atoms with Crippen molar-refractivity contribution < 1.29 is 22.7 Å². The molecule has 1 N–H and O–H groups in total. The molecule has 0 saturated carbocycles. The zero-order valence-corrected chi connectivity index (χ0v) is 13.5. The summed E-state index contributed by atoms with van der Waals surface area (Å²) < 4.78 is 45.1. The van der Waals surface area contributed by atoms with Crippen molar-refractivity contribution in [3.8, 4) is 5.75 Å². The van der Waals surface area contributed by atoms with Gasteiger partial charge in [0, 0.05) is 24.2 Å². The van der Waals surface area contributed by atoms with Crippen LogP contribution in [0.25, 0.3) is 10.2 Å². The van der Waals surface area contributed by atoms with Crippen molar-refractivity contribution >= 4 is 33.1 Å². The molecule has 24 heavy (non-hydrogen) atoms. The van der Waals surface area contributed by atoms with Gasteiger partial charge in [0.2, 0.25) is 0 Å². The summed E-state index contributed by atoms with van der Waals surface area (Å²) in [6.45, 7) is 0. The van der Waals surface area contributed by atoms with E-state index in [1.165, 1.54) is 20.2 Å². The summed E-state index contributed by atoms with van der Waals surface area (Å²) in [5.74, 6) is 0.0743. The monoisotopic (exact) mass is 355 g/mol. The Morgan fingerprint density at radius 3 is 2.75 bits per heavy atom. The van der Waals surface area contributed by atoms with Crippen molar-refractivity contribution in [2.45, 2.75) is 6.18 Å². The number of aryl methyl sites for hydroxylation is 1. The molecule has 0 aliphatic carbocycles. The first-order chi connectivity index (χ1) is 11.3. The smallest absolute Gasteiger partial charge is 0.435 e. The molecule has 5 nitrogen and oxygen atoms in total. The zero-order chi connectivity index (χ0) is 17.5. The van der Waals surface area contributed by atoms with E-state index in [2.05, 4.69) is 10.4 Å². The Morgan fingerprint density at radius 2 is 2.08 bits per heavy atom. The Bertz CT molecular complexity index is 914. The lowest BCUT2D eigenvalue weighted by Crippen LogP contribution is -2.10. The first kappa shape index (κ1) is 16.3. The Morgan fingerprint density at radius 1 is 1.33 bits per heavy atom. The number of alkyl halides is 3. The average molecular weight is 355 g/mol. The summed E-state index contributed by atoms with van der Waals surface area (Å²) in [7, 11) is 2.91. The van der Waals surface area contributed by atoms with Gasteiger partial charge in [0.15, 0.2) is 5.69 Å². The van der Waals surface area contributed by atoms with Crippen LogP contribution in [0, 0.1) is 0 Å². The van der Waals surface area contributed by atoms with Gasteiger partial charge in [-0.15, -0.1) is 11.3 Å². The highest BCUT2D eigenvalue weighted by molar-refractivity contribution is 7.20. The minimum absolute atomic E-state index is 0.0780. The molecule has 0 radical (unpaired) electrons. The van der Waals surface area contributed by atoms with Crippen molar-refractivity contribution in [1.82, 2.24) is 9.78 Å². The highest BCUT2D eigenvalue weighted by atomic mass is 32.1. The van der Waals surface area contributed by atoms with E-state index in [1.54, 1.807) is 24.3 Å². The van der Waals surface area contributed by atoms with E-state index < -0.39 is 17.8 Å². The molecule has 0 spiro atoms. The Labute approximate surface area is 138 Å². The van der Waals surface area contributed by atoms with Gasteiger partial charge in [0.1, 0.15) is 10.6 Å². The predicted octanol–water partition coefficient (Wildman–Crippen LogP) is 3.91. The standard InChI is InChI=1S/C15H12F3N3O2S/c1-21-14-10(12(20-21)15(16,17)18)7-11(24-14)13(22)19-8-4-3-5-9(6-8)23-2/h3-7H,1-2H3,(H,19,22). The third-order valence-electron chi connectivity index (χ3n) is 3.33. The normalized spacial score (nSPS) is 11.7. The molecule has 0 unspecified atom stereocenters. The summed E-state index contributed by atoms with van der Waals surface area (Å²) >= 11 is 0.955. The lowest BCUT2D eigenvalue weighted by atomic mass is 10.2. The average Bonchev–Trinajstić information content (AvgIpc) is 3.08. The van der Waals surface area contributed by atoms with Crippen molar-refractivity contribution in [2.75, 3.05) is 12.4 Å². The van der Waals surface area contributed by atoms with Crippen LogP contribution in [-0.4, -0.2) is 22.8 Å². The summed E-state index contributed by atoms with van der Waals surface area (Å²) in [5.41, 5.74) is -0.498. The third-order valence-corrected chi connectivity index (χ3v) is 4.53. The minimum atomic E-state index is -4.57. The summed E-state index contributed by atoms with van der Waals surface area (Å²) in [6, 6.07) is 7.91. The maximum absolute atomic E-state index is 13.0. The van der Waals surface area contributed by atoms with Gasteiger partial charge in [-0.3, -0.25) is 9.48 Å². The number of anilines is 1. The molecular weight excluding hydrogens is 343 g/mol. The number of rotatable bonds is 3. The quantitative estimate of drug-likeness (QED) is 0.775. The number of fused-ring (bicyclic) bond motifs is 1. The molecule has 2 aromatic heterocycles. The molecule has 0 aliphatic rings. The first-order valence-corrected chi connectivity index (χ1v) is 7.60. The van der Waals surface area contributed by atoms with E-state index in [-0.39, 0.29) is 15.1 Å². The first-order valence-electron chi connectivity index (χ1n) is 6.78. The number of hydrogen-bond donors (Lipinski definition) is 1. The van der Waals surface area contributed by atoms with Crippen LogP contribution in [0.5, 0.6) is 5.75 Å². The number of thiophene rings is 1. The van der Waals surface area contributed by atoms with E-state index in [0.717, 1.165) is 16.0 Å². The number of methoxy groups -OCH3 is 1. The van der Waals surface area contributed by atoms with E-state index in [0.29, 0.717) is 11.4 Å². The molecule has 3 aromatic rings. The Hall–Kier alpha value is -2.55. The van der Waals surface area contributed by atoms with Crippen LogP contribution in [0.15, 0.2) is 30.3 Å². The lowest BCUT2D eigenvalue weighted by Gasteiger charge is -2.05. The number of carbonyl (C=O) groups is 1. The Kier molecular flexibility index (Phi) is 3.96. The van der Waals surface area contributed by atoms with E-state index in [9.17, 15) is 18.0 Å². The zero-order valence-electron chi connectivity index (χ0n) is 12.6. The molecule has 1 aromatic carbocycles. The molecule has 0 aliphatic heterocycles. The molecule has 2 heterocycles. The second-order valence-electron chi connectivity index (χ2n) is 4.99. The maximum Gasteiger partial charge on any atom is 0.435 e. The number of amides is 1. The Balaban J connectivity index is 1.93. The minimum Gasteiger partial charge on any atom is -0.497 e. The molecule has 0 fully saturated rings. The van der Waals surface area contributed by atoms with Gasteiger partial charge in [-0.2, -0.15) is 18.3 Å². The van der Waals surface area contributed by atoms with Crippen molar-refractivity contribution in [3.63, 3.8) is 0 Å². The fraction of sp³-hybridized carbons (Fsp3) is 0.200. The molecule has 1 amide bonds. The molecule has 126 valence electrons. The molecule has 9 heteroatoms. The SMILES string of the molecule is COc1cccc(NC(=O)c2cc3c(C(F)(F)F)nn(C)c3s2)c1. The van der Waals surface area contributed by atoms with Crippen LogP contribution in [0.1, 0.15) is 15.4 Å². The molecule has 0 saturated heterocycles. The van der Waals surface area contributed by atoms with E-state index in [4.69, 9.17) is 4.74 Å². The number of ether oxygens (including phenoxy) is 1. The predicted molar refractivity (Wildman–Crippen MR) is 84.5 cm³/mol. The third kappa shape index (κ3) is 2.94. The molecule has 0 bridgehead atoms. The topological polar surface area (TPSA) is 56.1 Å². The molecule has 3 rings (SSSR count). The van der Waals surface area contributed by atoms with Crippen molar-refractivity contribution in [2.24, 2.45) is 7.05 Å². The number of benzene rings is 1. The van der Waals surface area contributed by atoms with Crippen molar-refractivity contribution in [3.05, 3.63) is 40.9 Å². The van der Waals surface area contributed by atoms with Crippen LogP contribution in [-0.2, 0) is 13.2 Å². The number of halogens is 3. The van der Waals surface area contributed by atoms with Gasteiger partial charge in [-0.05, 0) is 18.2 Å². The molecular formula is C15H12F3N3O2S. The van der Waals surface area contributed by atoms with Gasteiger partial charge in [-0.25, -0.2) is 0 Å². The number of nitrogens with zero attached hydrogens (tertiary/aromatic N) is 2. The molecule has 0 atom stereocenters.